The van der Waals surface area contributed by atoms with Crippen molar-refractivity contribution >= 4 is 29.9 Å². The first-order valence-corrected chi connectivity index (χ1v) is 8.41. The fourth-order valence-corrected chi connectivity index (χ4v) is 3.63. The number of carbonyl (C=O) groups is 1. The number of hydrogen-bond donors (Lipinski definition) is 1. The highest BCUT2D eigenvalue weighted by Crippen LogP contribution is 2.35. The van der Waals surface area contributed by atoms with Crippen molar-refractivity contribution < 1.29 is 4.79 Å². The minimum Gasteiger partial charge on any atom is -0.342 e. The summed E-state index contributed by atoms with van der Waals surface area (Å²) in [4.78, 5) is 13.3. The topological polar surface area (TPSA) is 29.1 Å². The van der Waals surface area contributed by atoms with Crippen LogP contribution in [0.1, 0.15) is 16.5 Å². The number of rotatable bonds is 6. The molecule has 2 nitrogen and oxygen atoms in total. The lowest BCUT2D eigenvalue weighted by Crippen LogP contribution is -2.16. The summed E-state index contributed by atoms with van der Waals surface area (Å²) in [5, 5.41) is 2.81. The van der Waals surface area contributed by atoms with Gasteiger partial charge in [-0.05, 0) is 36.4 Å². The second-order valence-corrected chi connectivity index (χ2v) is 6.35. The highest BCUT2D eigenvalue weighted by molar-refractivity contribution is 8.00. The zero-order valence-corrected chi connectivity index (χ0v) is 13.1. The minimum atomic E-state index is -0.0638. The van der Waals surface area contributed by atoms with E-state index in [0.717, 1.165) is 16.9 Å². The van der Waals surface area contributed by atoms with Gasteiger partial charge in [-0.25, -0.2) is 0 Å². The molecule has 0 radical (unpaired) electrons. The SMILES string of the molecule is CSc1cc(SC(NC=O)c2ccccc2)ccc1C. The highest BCUT2D eigenvalue weighted by atomic mass is 32.2. The molecular weight excluding hydrogens is 286 g/mol. The number of benzene rings is 2. The first-order chi connectivity index (χ1) is 9.74. The minimum absolute atomic E-state index is 0.0638. The molecule has 4 heteroatoms. The number of nitrogens with one attached hydrogen (secondary N) is 1. The highest BCUT2D eigenvalue weighted by Gasteiger charge is 2.12. The van der Waals surface area contributed by atoms with Gasteiger partial charge in [-0.2, -0.15) is 0 Å². The van der Waals surface area contributed by atoms with Crippen molar-refractivity contribution in [3.8, 4) is 0 Å². The Bertz CT molecular complexity index is 572. The molecule has 0 spiro atoms. The van der Waals surface area contributed by atoms with Crippen LogP contribution in [0.5, 0.6) is 0 Å². The summed E-state index contributed by atoms with van der Waals surface area (Å²) in [5.74, 6) is 0. The van der Waals surface area contributed by atoms with Crippen molar-refractivity contribution in [2.24, 2.45) is 0 Å². The van der Waals surface area contributed by atoms with Crippen LogP contribution in [0.4, 0.5) is 0 Å². The molecule has 0 bridgehead atoms. The van der Waals surface area contributed by atoms with Gasteiger partial charge in [-0.15, -0.1) is 11.8 Å². The van der Waals surface area contributed by atoms with Gasteiger partial charge in [0.25, 0.3) is 0 Å². The Labute approximate surface area is 128 Å². The van der Waals surface area contributed by atoms with E-state index in [9.17, 15) is 4.79 Å². The number of thioether (sulfide) groups is 2. The lowest BCUT2D eigenvalue weighted by atomic mass is 10.2. The zero-order chi connectivity index (χ0) is 14.4. The first kappa shape index (κ1) is 15.0. The molecule has 0 aliphatic heterocycles. The molecule has 0 saturated carbocycles. The van der Waals surface area contributed by atoms with E-state index in [0.29, 0.717) is 0 Å². The summed E-state index contributed by atoms with van der Waals surface area (Å²) < 4.78 is 0. The van der Waals surface area contributed by atoms with Crippen molar-refractivity contribution in [1.29, 1.82) is 0 Å². The molecule has 2 aromatic rings. The van der Waals surface area contributed by atoms with Crippen LogP contribution < -0.4 is 5.32 Å². The molecule has 0 aliphatic carbocycles. The molecule has 1 atom stereocenters. The van der Waals surface area contributed by atoms with Crippen LogP contribution >= 0.6 is 23.5 Å². The van der Waals surface area contributed by atoms with E-state index in [4.69, 9.17) is 0 Å². The van der Waals surface area contributed by atoms with E-state index >= 15 is 0 Å². The third kappa shape index (κ3) is 3.81. The number of aryl methyl sites for hydroxylation is 1. The molecule has 104 valence electrons. The molecule has 0 aromatic heterocycles. The summed E-state index contributed by atoms with van der Waals surface area (Å²) in [6.07, 6.45) is 2.84. The van der Waals surface area contributed by atoms with Gasteiger partial charge in [-0.1, -0.05) is 48.2 Å². The van der Waals surface area contributed by atoms with Crippen molar-refractivity contribution in [2.75, 3.05) is 6.26 Å². The fourth-order valence-electron chi connectivity index (χ4n) is 1.90. The summed E-state index contributed by atoms with van der Waals surface area (Å²) in [7, 11) is 0. The molecule has 2 rings (SSSR count). The normalized spacial score (nSPS) is 11.9. The average molecular weight is 303 g/mol. The second-order valence-electron chi connectivity index (χ2n) is 4.32. The summed E-state index contributed by atoms with van der Waals surface area (Å²) in [6.45, 7) is 2.11. The van der Waals surface area contributed by atoms with Gasteiger partial charge >= 0.3 is 0 Å². The van der Waals surface area contributed by atoms with Gasteiger partial charge in [-0.3, -0.25) is 4.79 Å². The molecule has 1 amide bonds. The fraction of sp³-hybridized carbons (Fsp3) is 0.188. The van der Waals surface area contributed by atoms with E-state index in [1.807, 2.05) is 30.3 Å². The Hall–Kier alpha value is -1.39. The van der Waals surface area contributed by atoms with Gasteiger partial charge in [0.1, 0.15) is 5.37 Å². The lowest BCUT2D eigenvalue weighted by molar-refractivity contribution is -0.109. The summed E-state index contributed by atoms with van der Waals surface area (Å²) in [6, 6.07) is 16.4. The molecule has 0 saturated heterocycles. The van der Waals surface area contributed by atoms with E-state index < -0.39 is 0 Å². The number of amides is 1. The monoisotopic (exact) mass is 303 g/mol. The zero-order valence-electron chi connectivity index (χ0n) is 11.5. The quantitative estimate of drug-likeness (QED) is 0.491. The maximum atomic E-state index is 10.8. The predicted octanol–water partition coefficient (Wildman–Crippen LogP) is 4.25. The molecule has 0 heterocycles. The molecule has 1 N–H and O–H groups in total. The number of hydrogen-bond acceptors (Lipinski definition) is 3. The molecule has 1 unspecified atom stereocenters. The molecule has 0 aliphatic rings. The van der Waals surface area contributed by atoms with Crippen molar-refractivity contribution in [2.45, 2.75) is 22.1 Å². The van der Waals surface area contributed by atoms with Crippen LogP contribution in [-0.4, -0.2) is 12.7 Å². The molecule has 20 heavy (non-hydrogen) atoms. The Kier molecular flexibility index (Phi) is 5.56. The Morgan fingerprint density at radius 1 is 1.15 bits per heavy atom. The third-order valence-electron chi connectivity index (χ3n) is 2.96. The van der Waals surface area contributed by atoms with E-state index in [2.05, 4.69) is 36.7 Å². The van der Waals surface area contributed by atoms with Crippen molar-refractivity contribution in [3.63, 3.8) is 0 Å². The van der Waals surface area contributed by atoms with Gasteiger partial charge in [0, 0.05) is 9.79 Å². The predicted molar refractivity (Wildman–Crippen MR) is 87.2 cm³/mol. The van der Waals surface area contributed by atoms with Crippen LogP contribution in [0.2, 0.25) is 0 Å². The Morgan fingerprint density at radius 2 is 1.90 bits per heavy atom. The van der Waals surface area contributed by atoms with Crippen molar-refractivity contribution in [3.05, 3.63) is 59.7 Å². The van der Waals surface area contributed by atoms with Gasteiger partial charge < -0.3 is 5.32 Å². The Balaban J connectivity index is 2.22. The molecule has 2 aromatic carbocycles. The van der Waals surface area contributed by atoms with Crippen LogP contribution in [0.15, 0.2) is 58.3 Å². The molecular formula is C16H17NOS2. The van der Waals surface area contributed by atoms with Gasteiger partial charge in [0.15, 0.2) is 0 Å². The van der Waals surface area contributed by atoms with E-state index in [1.54, 1.807) is 23.5 Å². The largest absolute Gasteiger partial charge is 0.342 e. The van der Waals surface area contributed by atoms with Gasteiger partial charge in [0.05, 0.1) is 0 Å². The van der Waals surface area contributed by atoms with Crippen LogP contribution in [0.3, 0.4) is 0 Å². The maximum absolute atomic E-state index is 10.8. The lowest BCUT2D eigenvalue weighted by Gasteiger charge is -2.17. The van der Waals surface area contributed by atoms with Crippen LogP contribution in [-0.2, 0) is 4.79 Å². The van der Waals surface area contributed by atoms with Crippen LogP contribution in [0.25, 0.3) is 0 Å². The second kappa shape index (κ2) is 7.41. The maximum Gasteiger partial charge on any atom is 0.208 e. The standard InChI is InChI=1S/C16H17NOS2/c1-12-8-9-14(10-15(12)19-2)20-16(17-11-18)13-6-4-3-5-7-13/h3-11,16H,1-2H3,(H,17,18). The van der Waals surface area contributed by atoms with Gasteiger partial charge in [0.2, 0.25) is 6.41 Å². The molecule has 0 fully saturated rings. The van der Waals surface area contributed by atoms with Crippen LogP contribution in [0, 0.1) is 6.92 Å². The average Bonchev–Trinajstić information content (AvgIpc) is 2.49. The van der Waals surface area contributed by atoms with Crippen molar-refractivity contribution in [1.82, 2.24) is 5.32 Å². The Morgan fingerprint density at radius 3 is 2.55 bits per heavy atom. The third-order valence-corrected chi connectivity index (χ3v) is 5.00. The van der Waals surface area contributed by atoms with E-state index in [-0.39, 0.29) is 5.37 Å². The van der Waals surface area contributed by atoms with E-state index in [1.165, 1.54) is 10.5 Å². The number of carbonyl (C=O) groups excluding carboxylic acids is 1. The summed E-state index contributed by atoms with van der Waals surface area (Å²) in [5.41, 5.74) is 2.37. The first-order valence-electron chi connectivity index (χ1n) is 6.30. The smallest absolute Gasteiger partial charge is 0.208 e. The summed E-state index contributed by atoms with van der Waals surface area (Å²) >= 11 is 3.39.